The van der Waals surface area contributed by atoms with Crippen molar-refractivity contribution in [3.63, 3.8) is 0 Å². The highest BCUT2D eigenvalue weighted by atomic mass is 16.3. The smallest absolute Gasteiger partial charge is 0.252 e. The number of hydrogen-bond donors (Lipinski definition) is 3. The van der Waals surface area contributed by atoms with Crippen molar-refractivity contribution >= 4 is 5.82 Å². The number of aliphatic hydroxyl groups is 1. The van der Waals surface area contributed by atoms with Crippen LogP contribution in [0.3, 0.4) is 0 Å². The van der Waals surface area contributed by atoms with E-state index in [0.717, 1.165) is 19.4 Å². The first-order chi connectivity index (χ1) is 8.04. The zero-order chi connectivity index (χ0) is 12.4. The molecule has 0 aromatic carbocycles. The molecule has 0 bridgehead atoms. The Kier molecular flexibility index (Phi) is 3.47. The van der Waals surface area contributed by atoms with Crippen LogP contribution in [-0.2, 0) is 0 Å². The van der Waals surface area contributed by atoms with E-state index in [9.17, 15) is 9.90 Å². The Bertz CT molecular complexity index is 436. The van der Waals surface area contributed by atoms with Crippen LogP contribution in [0.25, 0.3) is 0 Å². The molecule has 1 aliphatic rings. The SMILES string of the molecule is CC(C)c1nc(NCC2CC(O)C2)cc(=O)[nH]1. The molecule has 5 nitrogen and oxygen atoms in total. The summed E-state index contributed by atoms with van der Waals surface area (Å²) in [4.78, 5) is 18.5. The molecule has 2 rings (SSSR count). The second kappa shape index (κ2) is 4.87. The largest absolute Gasteiger partial charge is 0.393 e. The predicted octanol–water partition coefficient (Wildman–Crippen LogP) is 1.08. The van der Waals surface area contributed by atoms with Gasteiger partial charge in [0.15, 0.2) is 0 Å². The van der Waals surface area contributed by atoms with Gasteiger partial charge in [-0.1, -0.05) is 13.8 Å². The van der Waals surface area contributed by atoms with Crippen LogP contribution in [-0.4, -0.2) is 27.7 Å². The fourth-order valence-corrected chi connectivity index (χ4v) is 1.96. The number of nitrogens with zero attached hydrogens (tertiary/aromatic N) is 1. The van der Waals surface area contributed by atoms with Gasteiger partial charge in [-0.05, 0) is 18.8 Å². The predicted molar refractivity (Wildman–Crippen MR) is 66.2 cm³/mol. The van der Waals surface area contributed by atoms with E-state index in [1.54, 1.807) is 0 Å². The van der Waals surface area contributed by atoms with Gasteiger partial charge in [0.1, 0.15) is 11.6 Å². The normalized spacial score (nSPS) is 23.5. The fraction of sp³-hybridized carbons (Fsp3) is 0.667. The van der Waals surface area contributed by atoms with Crippen molar-refractivity contribution in [3.05, 3.63) is 22.2 Å². The van der Waals surface area contributed by atoms with Gasteiger partial charge in [-0.15, -0.1) is 0 Å². The van der Waals surface area contributed by atoms with Crippen LogP contribution in [0.2, 0.25) is 0 Å². The summed E-state index contributed by atoms with van der Waals surface area (Å²) in [7, 11) is 0. The maximum absolute atomic E-state index is 11.4. The van der Waals surface area contributed by atoms with Gasteiger partial charge < -0.3 is 15.4 Å². The summed E-state index contributed by atoms with van der Waals surface area (Å²) in [5.41, 5.74) is -0.125. The van der Waals surface area contributed by atoms with Gasteiger partial charge in [0.25, 0.3) is 5.56 Å². The standard InChI is InChI=1S/C12H19N3O2/c1-7(2)12-14-10(5-11(17)15-12)13-6-8-3-9(16)4-8/h5,7-9,16H,3-4,6H2,1-2H3,(H2,13,14,15,17). The van der Waals surface area contributed by atoms with E-state index in [2.05, 4.69) is 15.3 Å². The number of rotatable bonds is 4. The minimum absolute atomic E-state index is 0.125. The molecule has 0 amide bonds. The molecule has 0 spiro atoms. The van der Waals surface area contributed by atoms with Crippen molar-refractivity contribution in [2.75, 3.05) is 11.9 Å². The number of H-pyrrole nitrogens is 1. The molecule has 17 heavy (non-hydrogen) atoms. The first kappa shape index (κ1) is 12.1. The Morgan fingerprint density at radius 1 is 1.59 bits per heavy atom. The third kappa shape index (κ3) is 3.06. The molecular weight excluding hydrogens is 218 g/mol. The number of aromatic nitrogens is 2. The minimum Gasteiger partial charge on any atom is -0.393 e. The first-order valence-corrected chi connectivity index (χ1v) is 6.08. The number of anilines is 1. The lowest BCUT2D eigenvalue weighted by Gasteiger charge is -2.31. The van der Waals surface area contributed by atoms with Gasteiger partial charge in [0.05, 0.1) is 6.10 Å². The molecule has 1 heterocycles. The van der Waals surface area contributed by atoms with Gasteiger partial charge >= 0.3 is 0 Å². The fourth-order valence-electron chi connectivity index (χ4n) is 1.96. The van der Waals surface area contributed by atoms with E-state index >= 15 is 0 Å². The second-order valence-corrected chi connectivity index (χ2v) is 5.04. The van der Waals surface area contributed by atoms with Crippen LogP contribution < -0.4 is 10.9 Å². The lowest BCUT2D eigenvalue weighted by atomic mass is 9.82. The van der Waals surface area contributed by atoms with Crippen molar-refractivity contribution < 1.29 is 5.11 Å². The van der Waals surface area contributed by atoms with E-state index in [1.807, 2.05) is 13.8 Å². The van der Waals surface area contributed by atoms with Crippen LogP contribution in [0.4, 0.5) is 5.82 Å². The quantitative estimate of drug-likeness (QED) is 0.732. The van der Waals surface area contributed by atoms with Gasteiger partial charge in [-0.3, -0.25) is 4.79 Å². The van der Waals surface area contributed by atoms with Crippen molar-refractivity contribution in [2.24, 2.45) is 5.92 Å². The Morgan fingerprint density at radius 3 is 2.88 bits per heavy atom. The van der Waals surface area contributed by atoms with Crippen LogP contribution in [0, 0.1) is 5.92 Å². The lowest BCUT2D eigenvalue weighted by molar-refractivity contribution is 0.0486. The summed E-state index contributed by atoms with van der Waals surface area (Å²) in [5, 5.41) is 12.3. The molecule has 0 atom stereocenters. The van der Waals surface area contributed by atoms with E-state index in [-0.39, 0.29) is 17.6 Å². The van der Waals surface area contributed by atoms with E-state index in [0.29, 0.717) is 17.6 Å². The van der Waals surface area contributed by atoms with E-state index in [4.69, 9.17) is 0 Å². The highest BCUT2D eigenvalue weighted by Gasteiger charge is 2.26. The Labute approximate surface area is 100 Å². The molecule has 1 aromatic heterocycles. The molecule has 0 unspecified atom stereocenters. The van der Waals surface area contributed by atoms with Crippen molar-refractivity contribution in [1.82, 2.24) is 9.97 Å². The molecular formula is C12H19N3O2. The third-order valence-corrected chi connectivity index (χ3v) is 3.09. The summed E-state index contributed by atoms with van der Waals surface area (Å²) in [6, 6.07) is 1.47. The number of hydrogen-bond acceptors (Lipinski definition) is 4. The van der Waals surface area contributed by atoms with Crippen LogP contribution in [0.1, 0.15) is 38.4 Å². The summed E-state index contributed by atoms with van der Waals surface area (Å²) >= 11 is 0. The number of aliphatic hydroxyl groups excluding tert-OH is 1. The summed E-state index contributed by atoms with van der Waals surface area (Å²) < 4.78 is 0. The first-order valence-electron chi connectivity index (χ1n) is 6.08. The van der Waals surface area contributed by atoms with Gasteiger partial charge in [0, 0.05) is 18.5 Å². The molecule has 1 aromatic rings. The molecule has 5 heteroatoms. The lowest BCUT2D eigenvalue weighted by Crippen LogP contribution is -2.33. The molecule has 0 saturated heterocycles. The monoisotopic (exact) mass is 237 g/mol. The van der Waals surface area contributed by atoms with Crippen LogP contribution in [0.15, 0.2) is 10.9 Å². The van der Waals surface area contributed by atoms with Crippen molar-refractivity contribution in [3.8, 4) is 0 Å². The Morgan fingerprint density at radius 2 is 2.29 bits per heavy atom. The maximum Gasteiger partial charge on any atom is 0.252 e. The third-order valence-electron chi connectivity index (χ3n) is 3.09. The average molecular weight is 237 g/mol. The van der Waals surface area contributed by atoms with Gasteiger partial charge in [0.2, 0.25) is 0 Å². The van der Waals surface area contributed by atoms with Gasteiger partial charge in [-0.25, -0.2) is 4.98 Å². The average Bonchev–Trinajstić information content (AvgIpc) is 2.22. The molecule has 0 aliphatic heterocycles. The number of aromatic amines is 1. The topological polar surface area (TPSA) is 78.0 Å². The van der Waals surface area contributed by atoms with Gasteiger partial charge in [-0.2, -0.15) is 0 Å². The van der Waals surface area contributed by atoms with E-state index < -0.39 is 0 Å². The highest BCUT2D eigenvalue weighted by Crippen LogP contribution is 2.26. The van der Waals surface area contributed by atoms with E-state index in [1.165, 1.54) is 6.07 Å². The van der Waals surface area contributed by atoms with Crippen LogP contribution >= 0.6 is 0 Å². The summed E-state index contributed by atoms with van der Waals surface area (Å²) in [5.74, 6) is 2.02. The molecule has 1 aliphatic carbocycles. The highest BCUT2D eigenvalue weighted by molar-refractivity contribution is 5.33. The molecule has 94 valence electrons. The molecule has 3 N–H and O–H groups in total. The van der Waals surface area contributed by atoms with Crippen molar-refractivity contribution in [1.29, 1.82) is 0 Å². The second-order valence-electron chi connectivity index (χ2n) is 5.04. The summed E-state index contributed by atoms with van der Waals surface area (Å²) in [6.07, 6.45) is 1.54. The summed E-state index contributed by atoms with van der Waals surface area (Å²) in [6.45, 7) is 4.75. The maximum atomic E-state index is 11.4. The number of nitrogens with one attached hydrogen (secondary N) is 2. The molecule has 1 fully saturated rings. The zero-order valence-corrected chi connectivity index (χ0v) is 10.2. The Balaban J connectivity index is 1.98. The zero-order valence-electron chi connectivity index (χ0n) is 10.2. The molecule has 0 radical (unpaired) electrons. The molecule has 1 saturated carbocycles. The van der Waals surface area contributed by atoms with Crippen molar-refractivity contribution in [2.45, 2.75) is 38.7 Å². The van der Waals surface area contributed by atoms with Crippen LogP contribution in [0.5, 0.6) is 0 Å². The minimum atomic E-state index is -0.139. The Hall–Kier alpha value is -1.36.